The Morgan fingerprint density at radius 1 is 1.06 bits per heavy atom. The summed E-state index contributed by atoms with van der Waals surface area (Å²) in [6.45, 7) is 11.3. The lowest BCUT2D eigenvalue weighted by atomic mass is 10.0. The fourth-order valence-corrected chi connectivity index (χ4v) is 1.73. The molecule has 1 aromatic carbocycles. The summed E-state index contributed by atoms with van der Waals surface area (Å²) in [5, 5.41) is 0. The zero-order valence-electron chi connectivity index (χ0n) is 12.2. The van der Waals surface area contributed by atoms with Crippen molar-refractivity contribution >= 4 is 5.69 Å². The van der Waals surface area contributed by atoms with Gasteiger partial charge in [0.15, 0.2) is 0 Å². The summed E-state index contributed by atoms with van der Waals surface area (Å²) >= 11 is 0. The second kappa shape index (κ2) is 5.57. The van der Waals surface area contributed by atoms with E-state index in [2.05, 4.69) is 70.8 Å². The Kier molecular flexibility index (Phi) is 4.62. The Hall–Kier alpha value is -0.980. The number of nitrogens with zero attached hydrogens (tertiary/aromatic N) is 1. The summed E-state index contributed by atoms with van der Waals surface area (Å²) in [6.07, 6.45) is 2.46. The van der Waals surface area contributed by atoms with Crippen LogP contribution in [-0.4, -0.2) is 12.6 Å². The molecule has 17 heavy (non-hydrogen) atoms. The smallest absolute Gasteiger partial charge is 0.0368 e. The Bertz CT molecular complexity index is 330. The normalized spacial score (nSPS) is 11.9. The number of hydrogen-bond acceptors (Lipinski definition) is 1. The van der Waals surface area contributed by atoms with Gasteiger partial charge >= 0.3 is 0 Å². The van der Waals surface area contributed by atoms with Gasteiger partial charge < -0.3 is 4.90 Å². The van der Waals surface area contributed by atoms with Crippen molar-refractivity contribution in [2.45, 2.75) is 53.0 Å². The lowest BCUT2D eigenvalue weighted by Crippen LogP contribution is -2.37. The molecule has 0 aliphatic rings. The van der Waals surface area contributed by atoms with Crippen LogP contribution >= 0.6 is 0 Å². The van der Waals surface area contributed by atoms with Crippen LogP contribution in [-0.2, 0) is 6.42 Å². The van der Waals surface area contributed by atoms with Crippen molar-refractivity contribution in [1.82, 2.24) is 0 Å². The van der Waals surface area contributed by atoms with Crippen LogP contribution in [0.25, 0.3) is 0 Å². The maximum Gasteiger partial charge on any atom is 0.0368 e. The van der Waals surface area contributed by atoms with Crippen molar-refractivity contribution in [3.63, 3.8) is 0 Å². The minimum atomic E-state index is 0.180. The van der Waals surface area contributed by atoms with Crippen LogP contribution < -0.4 is 4.90 Å². The largest absolute Gasteiger partial charge is 0.370 e. The van der Waals surface area contributed by atoms with E-state index in [4.69, 9.17) is 0 Å². The van der Waals surface area contributed by atoms with Gasteiger partial charge in [-0.1, -0.05) is 26.0 Å². The van der Waals surface area contributed by atoms with E-state index in [1.54, 1.807) is 0 Å². The average Bonchev–Trinajstić information content (AvgIpc) is 2.25. The summed E-state index contributed by atoms with van der Waals surface area (Å²) < 4.78 is 0. The van der Waals surface area contributed by atoms with Crippen LogP contribution in [0.15, 0.2) is 24.3 Å². The van der Waals surface area contributed by atoms with Crippen LogP contribution in [0.5, 0.6) is 0 Å². The standard InChI is InChI=1S/C16H27N/c1-13(2)7-8-14-9-11-15(12-10-14)17(6)16(3,4)5/h9-13H,7-8H2,1-6H3. The number of anilines is 1. The second-order valence-electron chi connectivity index (χ2n) is 6.33. The number of hydrogen-bond donors (Lipinski definition) is 0. The Morgan fingerprint density at radius 3 is 2.00 bits per heavy atom. The van der Waals surface area contributed by atoms with Gasteiger partial charge in [0.05, 0.1) is 0 Å². The first-order valence-electron chi connectivity index (χ1n) is 6.63. The van der Waals surface area contributed by atoms with Crippen molar-refractivity contribution < 1.29 is 0 Å². The zero-order valence-corrected chi connectivity index (χ0v) is 12.2. The fraction of sp³-hybridized carbons (Fsp3) is 0.625. The molecule has 0 aromatic heterocycles. The molecule has 0 heterocycles. The Balaban J connectivity index is 2.68. The molecule has 0 saturated carbocycles. The van der Waals surface area contributed by atoms with Gasteiger partial charge in [0.1, 0.15) is 0 Å². The predicted octanol–water partition coefficient (Wildman–Crippen LogP) is 4.51. The van der Waals surface area contributed by atoms with Crippen LogP contribution in [0.3, 0.4) is 0 Å². The third-order valence-electron chi connectivity index (χ3n) is 3.34. The number of benzene rings is 1. The first-order chi connectivity index (χ1) is 7.80. The molecular formula is C16H27N. The molecule has 0 N–H and O–H groups in total. The van der Waals surface area contributed by atoms with Crippen molar-refractivity contribution in [3.8, 4) is 0 Å². The predicted molar refractivity (Wildman–Crippen MR) is 77.8 cm³/mol. The Labute approximate surface area is 107 Å². The van der Waals surface area contributed by atoms with Crippen molar-refractivity contribution in [1.29, 1.82) is 0 Å². The molecule has 1 heteroatoms. The molecule has 1 rings (SSSR count). The van der Waals surface area contributed by atoms with Gasteiger partial charge in [-0.25, -0.2) is 0 Å². The van der Waals surface area contributed by atoms with Crippen LogP contribution in [0.1, 0.15) is 46.6 Å². The topological polar surface area (TPSA) is 3.24 Å². The van der Waals surface area contributed by atoms with E-state index in [-0.39, 0.29) is 5.54 Å². The molecule has 0 radical (unpaired) electrons. The second-order valence-corrected chi connectivity index (χ2v) is 6.33. The lowest BCUT2D eigenvalue weighted by Gasteiger charge is -2.34. The zero-order chi connectivity index (χ0) is 13.1. The quantitative estimate of drug-likeness (QED) is 0.739. The lowest BCUT2D eigenvalue weighted by molar-refractivity contribution is 0.538. The molecule has 0 bridgehead atoms. The highest BCUT2D eigenvalue weighted by Gasteiger charge is 2.16. The molecule has 0 spiro atoms. The molecule has 0 fully saturated rings. The van der Waals surface area contributed by atoms with Crippen LogP contribution in [0.4, 0.5) is 5.69 Å². The summed E-state index contributed by atoms with van der Waals surface area (Å²) in [6, 6.07) is 9.00. The summed E-state index contributed by atoms with van der Waals surface area (Å²) in [5.41, 5.74) is 2.93. The van der Waals surface area contributed by atoms with Crippen LogP contribution in [0, 0.1) is 5.92 Å². The number of aryl methyl sites for hydroxylation is 1. The molecule has 0 aliphatic heterocycles. The Morgan fingerprint density at radius 2 is 1.59 bits per heavy atom. The molecule has 0 unspecified atom stereocenters. The highest BCUT2D eigenvalue weighted by Crippen LogP contribution is 2.22. The maximum absolute atomic E-state index is 2.32. The van der Waals surface area contributed by atoms with Crippen molar-refractivity contribution in [3.05, 3.63) is 29.8 Å². The minimum Gasteiger partial charge on any atom is -0.370 e. The first kappa shape index (κ1) is 14.1. The van der Waals surface area contributed by atoms with Crippen molar-refractivity contribution in [2.24, 2.45) is 5.92 Å². The van der Waals surface area contributed by atoms with Crippen LogP contribution in [0.2, 0.25) is 0 Å². The average molecular weight is 233 g/mol. The van der Waals surface area contributed by atoms with E-state index in [1.165, 1.54) is 24.1 Å². The van der Waals surface area contributed by atoms with E-state index < -0.39 is 0 Å². The minimum absolute atomic E-state index is 0.180. The van der Waals surface area contributed by atoms with Gasteiger partial charge in [-0.3, -0.25) is 0 Å². The molecule has 96 valence electrons. The molecular weight excluding hydrogens is 206 g/mol. The van der Waals surface area contributed by atoms with Gasteiger partial charge in [0.25, 0.3) is 0 Å². The van der Waals surface area contributed by atoms with E-state index in [1.807, 2.05) is 0 Å². The molecule has 1 nitrogen and oxygen atoms in total. The SMILES string of the molecule is CC(C)CCc1ccc(N(C)C(C)(C)C)cc1. The van der Waals surface area contributed by atoms with E-state index in [0.717, 1.165) is 5.92 Å². The number of rotatable bonds is 4. The highest BCUT2D eigenvalue weighted by molar-refractivity contribution is 5.48. The summed E-state index contributed by atoms with van der Waals surface area (Å²) in [4.78, 5) is 2.32. The van der Waals surface area contributed by atoms with E-state index in [9.17, 15) is 0 Å². The first-order valence-corrected chi connectivity index (χ1v) is 6.63. The van der Waals surface area contributed by atoms with Gasteiger partial charge in [0.2, 0.25) is 0 Å². The van der Waals surface area contributed by atoms with Gasteiger partial charge in [0, 0.05) is 18.3 Å². The molecule has 0 amide bonds. The van der Waals surface area contributed by atoms with Gasteiger partial charge in [-0.2, -0.15) is 0 Å². The van der Waals surface area contributed by atoms with Gasteiger partial charge in [-0.15, -0.1) is 0 Å². The molecule has 0 aliphatic carbocycles. The van der Waals surface area contributed by atoms with Gasteiger partial charge in [-0.05, 0) is 57.2 Å². The molecule has 0 saturated heterocycles. The van der Waals surface area contributed by atoms with E-state index in [0.29, 0.717) is 0 Å². The summed E-state index contributed by atoms with van der Waals surface area (Å²) in [7, 11) is 2.16. The third kappa shape index (κ3) is 4.41. The van der Waals surface area contributed by atoms with E-state index >= 15 is 0 Å². The maximum atomic E-state index is 2.32. The molecule has 0 atom stereocenters. The highest BCUT2D eigenvalue weighted by atomic mass is 15.2. The molecule has 1 aromatic rings. The fourth-order valence-electron chi connectivity index (χ4n) is 1.73. The monoisotopic (exact) mass is 233 g/mol. The van der Waals surface area contributed by atoms with Crippen molar-refractivity contribution in [2.75, 3.05) is 11.9 Å². The summed E-state index contributed by atoms with van der Waals surface area (Å²) in [5.74, 6) is 0.784. The third-order valence-corrected chi connectivity index (χ3v) is 3.34.